The van der Waals surface area contributed by atoms with Crippen molar-refractivity contribution in [2.75, 3.05) is 12.3 Å². The number of rotatable bonds is 5. The predicted molar refractivity (Wildman–Crippen MR) is 79.0 cm³/mol. The second-order valence-corrected chi connectivity index (χ2v) is 8.71. The zero-order valence-corrected chi connectivity index (χ0v) is 13.1. The third kappa shape index (κ3) is 4.82. The van der Waals surface area contributed by atoms with Crippen LogP contribution in [-0.4, -0.2) is 36.1 Å². The molecule has 4 nitrogen and oxygen atoms in total. The minimum absolute atomic E-state index is 0.0823. The summed E-state index contributed by atoms with van der Waals surface area (Å²) < 4.78 is 26.5. The van der Waals surface area contributed by atoms with Crippen molar-refractivity contribution in [1.29, 1.82) is 0 Å². The molecule has 0 aromatic rings. The van der Waals surface area contributed by atoms with Crippen LogP contribution in [0.25, 0.3) is 0 Å². The maximum absolute atomic E-state index is 12.5. The quantitative estimate of drug-likeness (QED) is 0.786. The van der Waals surface area contributed by atoms with E-state index in [-0.39, 0.29) is 28.7 Å². The second-order valence-electron chi connectivity index (χ2n) is 6.27. The summed E-state index contributed by atoms with van der Waals surface area (Å²) in [5.74, 6) is 0.138. The number of hydrogen-bond acceptors (Lipinski definition) is 3. The Hall–Kier alpha value is -0.200. The molecule has 0 aromatic heterocycles. The monoisotopic (exact) mass is 292 g/mol. The minimum Gasteiger partial charge on any atom is -0.392 e. The highest BCUT2D eigenvalue weighted by atomic mass is 32.2. The Morgan fingerprint density at radius 1 is 1.33 bits per heavy atom. The van der Waals surface area contributed by atoms with E-state index in [1.54, 1.807) is 0 Å². The molecule has 0 spiro atoms. The van der Waals surface area contributed by atoms with Crippen molar-refractivity contribution in [3.8, 4) is 0 Å². The Kier molecular flexibility index (Phi) is 5.14. The number of nitrogens with two attached hydrogens (primary N) is 1. The molecule has 0 unspecified atom stereocenters. The summed E-state index contributed by atoms with van der Waals surface area (Å²) in [4.78, 5) is 0.249. The molecule has 0 radical (unpaired) electrons. The summed E-state index contributed by atoms with van der Waals surface area (Å²) in [6.45, 7) is 5.97. The van der Waals surface area contributed by atoms with E-state index < -0.39 is 10.0 Å². The van der Waals surface area contributed by atoms with Crippen molar-refractivity contribution in [2.45, 2.75) is 52.5 Å². The van der Waals surface area contributed by atoms with Crippen molar-refractivity contribution in [3.63, 3.8) is 0 Å². The number of thiocarbonyl (C=S) groups is 1. The largest absolute Gasteiger partial charge is 0.392 e. The summed E-state index contributed by atoms with van der Waals surface area (Å²) in [6, 6.07) is 0.0823. The maximum Gasteiger partial charge on any atom is 0.215 e. The van der Waals surface area contributed by atoms with Crippen LogP contribution in [-0.2, 0) is 10.0 Å². The van der Waals surface area contributed by atoms with Gasteiger partial charge in [-0.05, 0) is 18.3 Å². The van der Waals surface area contributed by atoms with Gasteiger partial charge in [0.1, 0.15) is 0 Å². The van der Waals surface area contributed by atoms with Gasteiger partial charge in [-0.2, -0.15) is 4.31 Å². The highest BCUT2D eigenvalue weighted by Gasteiger charge is 2.34. The summed E-state index contributed by atoms with van der Waals surface area (Å²) in [6.07, 6.45) is 4.02. The Morgan fingerprint density at radius 3 is 2.22 bits per heavy atom. The van der Waals surface area contributed by atoms with E-state index in [2.05, 4.69) is 0 Å². The number of nitrogens with zero attached hydrogens (tertiary/aromatic N) is 1. The normalized spacial score (nSPS) is 18.4. The minimum atomic E-state index is -3.29. The third-order valence-electron chi connectivity index (χ3n) is 3.02. The smallest absolute Gasteiger partial charge is 0.215 e. The van der Waals surface area contributed by atoms with Gasteiger partial charge in [0.15, 0.2) is 0 Å². The molecule has 0 amide bonds. The van der Waals surface area contributed by atoms with Crippen LogP contribution in [0.5, 0.6) is 0 Å². The van der Waals surface area contributed by atoms with Crippen LogP contribution in [0.4, 0.5) is 0 Å². The molecule has 1 aliphatic rings. The van der Waals surface area contributed by atoms with E-state index in [1.165, 1.54) is 4.31 Å². The molecule has 1 aliphatic carbocycles. The van der Waals surface area contributed by atoms with Gasteiger partial charge in [0, 0.05) is 6.04 Å². The van der Waals surface area contributed by atoms with Crippen molar-refractivity contribution in [2.24, 2.45) is 11.1 Å². The van der Waals surface area contributed by atoms with Crippen molar-refractivity contribution in [3.05, 3.63) is 0 Å². The summed E-state index contributed by atoms with van der Waals surface area (Å²) in [5, 5.41) is 0. The van der Waals surface area contributed by atoms with Crippen LogP contribution in [0.1, 0.15) is 46.5 Å². The maximum atomic E-state index is 12.5. The molecular weight excluding hydrogens is 268 g/mol. The van der Waals surface area contributed by atoms with Crippen LogP contribution in [0.2, 0.25) is 0 Å². The fourth-order valence-corrected chi connectivity index (χ4v) is 4.91. The molecule has 2 N–H and O–H groups in total. The summed E-state index contributed by atoms with van der Waals surface area (Å²) >= 11 is 4.89. The molecule has 0 aliphatic heterocycles. The van der Waals surface area contributed by atoms with Crippen LogP contribution in [0, 0.1) is 5.41 Å². The fourth-order valence-electron chi connectivity index (χ4n) is 2.43. The van der Waals surface area contributed by atoms with E-state index in [9.17, 15) is 8.42 Å². The first kappa shape index (κ1) is 15.9. The molecule has 0 heterocycles. The zero-order valence-electron chi connectivity index (χ0n) is 11.5. The molecule has 106 valence electrons. The first-order valence-corrected chi connectivity index (χ1v) is 8.41. The number of sulfonamides is 1. The highest BCUT2D eigenvalue weighted by molar-refractivity contribution is 7.89. The van der Waals surface area contributed by atoms with Gasteiger partial charge in [0.25, 0.3) is 0 Å². The first-order valence-electron chi connectivity index (χ1n) is 6.40. The first-order chi connectivity index (χ1) is 8.12. The molecule has 0 bridgehead atoms. The van der Waals surface area contributed by atoms with Gasteiger partial charge >= 0.3 is 0 Å². The lowest BCUT2D eigenvalue weighted by Gasteiger charge is -2.30. The van der Waals surface area contributed by atoms with Crippen LogP contribution >= 0.6 is 12.2 Å². The van der Waals surface area contributed by atoms with Crippen molar-refractivity contribution in [1.82, 2.24) is 4.31 Å². The Morgan fingerprint density at radius 2 is 1.83 bits per heavy atom. The molecule has 0 atom stereocenters. The van der Waals surface area contributed by atoms with Crippen molar-refractivity contribution >= 4 is 27.2 Å². The van der Waals surface area contributed by atoms with E-state index in [0.29, 0.717) is 0 Å². The standard InChI is InChI=1S/C12H24N2O2S2/c1-12(2,3)9-18(15,16)14(8-11(13)17)10-6-4-5-7-10/h10H,4-9H2,1-3H3,(H2,13,17). The molecule has 0 aromatic carbocycles. The average molecular weight is 292 g/mol. The molecular formula is C12H24N2O2S2. The van der Waals surface area contributed by atoms with Gasteiger partial charge in [0.05, 0.1) is 17.3 Å². The van der Waals surface area contributed by atoms with Crippen LogP contribution in [0.15, 0.2) is 0 Å². The highest BCUT2D eigenvalue weighted by Crippen LogP contribution is 2.28. The molecule has 1 rings (SSSR count). The molecule has 0 saturated heterocycles. The van der Waals surface area contributed by atoms with Gasteiger partial charge in [-0.3, -0.25) is 0 Å². The van der Waals surface area contributed by atoms with E-state index in [0.717, 1.165) is 25.7 Å². The number of hydrogen-bond donors (Lipinski definition) is 1. The third-order valence-corrected chi connectivity index (χ3v) is 5.52. The zero-order chi connectivity index (χ0) is 14.0. The van der Waals surface area contributed by atoms with Crippen molar-refractivity contribution < 1.29 is 8.42 Å². The van der Waals surface area contributed by atoms with Gasteiger partial charge in [-0.1, -0.05) is 45.8 Å². The van der Waals surface area contributed by atoms with Gasteiger partial charge < -0.3 is 5.73 Å². The van der Waals surface area contributed by atoms with Gasteiger partial charge in [-0.15, -0.1) is 0 Å². The second kappa shape index (κ2) is 5.84. The summed E-state index contributed by atoms with van der Waals surface area (Å²) in [5.41, 5.74) is 5.29. The molecule has 1 saturated carbocycles. The predicted octanol–water partition coefficient (Wildman–Crippen LogP) is 1.89. The van der Waals surface area contributed by atoms with Crippen LogP contribution < -0.4 is 5.73 Å². The Bertz CT molecular complexity index is 393. The fraction of sp³-hybridized carbons (Fsp3) is 0.917. The van der Waals surface area contributed by atoms with E-state index in [4.69, 9.17) is 18.0 Å². The molecule has 18 heavy (non-hydrogen) atoms. The lowest BCUT2D eigenvalue weighted by molar-refractivity contribution is 0.343. The van der Waals surface area contributed by atoms with Crippen LogP contribution in [0.3, 0.4) is 0 Å². The molecule has 1 fully saturated rings. The Labute approximate surface area is 116 Å². The lowest BCUT2D eigenvalue weighted by Crippen LogP contribution is -2.46. The Balaban J connectivity index is 2.90. The topological polar surface area (TPSA) is 63.4 Å². The lowest BCUT2D eigenvalue weighted by atomic mass is 10.0. The summed E-state index contributed by atoms with van der Waals surface area (Å²) in [7, 11) is -3.29. The SMILES string of the molecule is CC(C)(C)CS(=O)(=O)N(CC(N)=S)C1CCCC1. The average Bonchev–Trinajstić information content (AvgIpc) is 2.61. The van der Waals surface area contributed by atoms with E-state index in [1.807, 2.05) is 20.8 Å². The van der Waals surface area contributed by atoms with E-state index >= 15 is 0 Å². The van der Waals surface area contributed by atoms with Gasteiger partial charge in [0.2, 0.25) is 10.0 Å². The van der Waals surface area contributed by atoms with Gasteiger partial charge in [-0.25, -0.2) is 8.42 Å². The molecule has 6 heteroatoms.